The maximum atomic E-state index is 14.2. The van der Waals surface area contributed by atoms with Gasteiger partial charge in [-0.2, -0.15) is 0 Å². The summed E-state index contributed by atoms with van der Waals surface area (Å²) in [5.41, 5.74) is -1.15. The van der Waals surface area contributed by atoms with Gasteiger partial charge in [0.05, 0.1) is 18.8 Å². The number of aliphatic hydroxyl groups excluding tert-OH is 9. The van der Waals surface area contributed by atoms with E-state index >= 15 is 0 Å². The molecule has 286 valence electrons. The van der Waals surface area contributed by atoms with Crippen LogP contribution in [0.5, 0.6) is 23.0 Å². The summed E-state index contributed by atoms with van der Waals surface area (Å²) in [5.74, 6) is -1.99. The van der Waals surface area contributed by atoms with E-state index in [0.29, 0.717) is 0 Å². The average molecular weight is 741 g/mol. The Morgan fingerprint density at radius 2 is 1.31 bits per heavy atom. The number of benzene rings is 2. The number of aromatic hydroxyl groups is 2. The molecule has 19 nitrogen and oxygen atoms in total. The van der Waals surface area contributed by atoms with Crippen LogP contribution in [0.3, 0.4) is 0 Å². The molecule has 0 saturated carbocycles. The van der Waals surface area contributed by atoms with E-state index < -0.39 is 121 Å². The standard InChI is InChI=1S/C33H40O19/c1-10-19(37)23(41)26(44)32(46-10)48-14-7-15(36)18-16(8-14)49-27(12-3-5-13(35)6-4-12)28(22(18)40)52-33-30(24(42)20(38)11(2)47-33)51-29-25(43)21(39)17(9-34)50-31(29)45/h3-8,10-11,17,19-21,23-26,29-39,41-45H,9H2,1-2H3/t10-,11-,17+,19-,20-,21+,23+,24+,25-,26+,29+,30+,31+,32+,33+/m0/s1. The Morgan fingerprint density at radius 3 is 1.96 bits per heavy atom. The molecule has 0 unspecified atom stereocenters. The van der Waals surface area contributed by atoms with Crippen LogP contribution in [0, 0.1) is 0 Å². The molecule has 1 aromatic heterocycles. The van der Waals surface area contributed by atoms with Crippen LogP contribution >= 0.6 is 0 Å². The number of rotatable bonds is 8. The van der Waals surface area contributed by atoms with Crippen molar-refractivity contribution in [2.75, 3.05) is 6.61 Å². The van der Waals surface area contributed by atoms with Gasteiger partial charge >= 0.3 is 0 Å². The molecule has 4 heterocycles. The first-order valence-electron chi connectivity index (χ1n) is 16.2. The molecule has 19 heteroatoms. The van der Waals surface area contributed by atoms with Crippen LogP contribution in [0.1, 0.15) is 13.8 Å². The topological polar surface area (TPSA) is 308 Å². The molecular weight excluding hydrogens is 700 g/mol. The van der Waals surface area contributed by atoms with E-state index in [-0.39, 0.29) is 28.4 Å². The zero-order chi connectivity index (χ0) is 37.8. The quantitative estimate of drug-likeness (QED) is 0.110. The minimum absolute atomic E-state index is 0.140. The number of phenols is 2. The summed E-state index contributed by atoms with van der Waals surface area (Å²) >= 11 is 0. The van der Waals surface area contributed by atoms with Gasteiger partial charge in [-0.3, -0.25) is 4.79 Å². The summed E-state index contributed by atoms with van der Waals surface area (Å²) in [5, 5.41) is 114. The van der Waals surface area contributed by atoms with Gasteiger partial charge in [-0.1, -0.05) is 0 Å². The van der Waals surface area contributed by atoms with Gasteiger partial charge in [0, 0.05) is 17.7 Å². The first-order valence-corrected chi connectivity index (χ1v) is 16.2. The molecule has 0 aliphatic carbocycles. The third-order valence-corrected chi connectivity index (χ3v) is 9.27. The van der Waals surface area contributed by atoms with Crippen molar-refractivity contribution in [3.63, 3.8) is 0 Å². The molecule has 3 saturated heterocycles. The number of phenolic OH excluding ortho intramolecular Hbond substituents is 2. The van der Waals surface area contributed by atoms with Crippen LogP contribution < -0.4 is 14.9 Å². The van der Waals surface area contributed by atoms with Crippen molar-refractivity contribution in [3.8, 4) is 34.3 Å². The molecule has 6 rings (SSSR count). The summed E-state index contributed by atoms with van der Waals surface area (Å²) in [4.78, 5) is 14.2. The van der Waals surface area contributed by atoms with Gasteiger partial charge in [0.1, 0.15) is 89.3 Å². The van der Waals surface area contributed by atoms with E-state index in [4.69, 9.17) is 32.8 Å². The van der Waals surface area contributed by atoms with Crippen molar-refractivity contribution in [1.29, 1.82) is 0 Å². The van der Waals surface area contributed by atoms with Gasteiger partial charge in [-0.25, -0.2) is 0 Å². The van der Waals surface area contributed by atoms with Crippen LogP contribution in [0.25, 0.3) is 22.3 Å². The Kier molecular flexibility index (Phi) is 11.0. The lowest BCUT2D eigenvalue weighted by Crippen LogP contribution is -2.65. The van der Waals surface area contributed by atoms with Gasteiger partial charge in [-0.15, -0.1) is 0 Å². The second-order valence-electron chi connectivity index (χ2n) is 12.9. The molecule has 52 heavy (non-hydrogen) atoms. The number of ether oxygens (including phenoxy) is 6. The van der Waals surface area contributed by atoms with E-state index in [0.717, 1.165) is 6.07 Å². The lowest BCUT2D eigenvalue weighted by atomic mass is 9.96. The second kappa shape index (κ2) is 15.0. The summed E-state index contributed by atoms with van der Waals surface area (Å²) in [6.45, 7) is 2.04. The van der Waals surface area contributed by atoms with Crippen molar-refractivity contribution in [1.82, 2.24) is 0 Å². The van der Waals surface area contributed by atoms with Gasteiger partial charge in [0.15, 0.2) is 12.1 Å². The molecule has 3 aliphatic heterocycles. The van der Waals surface area contributed by atoms with E-state index in [1.165, 1.54) is 44.2 Å². The minimum Gasteiger partial charge on any atom is -0.508 e. The fourth-order valence-corrected chi connectivity index (χ4v) is 6.24. The maximum absolute atomic E-state index is 14.2. The molecular formula is C33H40O19. The molecule has 11 N–H and O–H groups in total. The summed E-state index contributed by atoms with van der Waals surface area (Å²) in [6, 6.07) is 7.41. The molecule has 0 bridgehead atoms. The Balaban J connectivity index is 1.40. The highest BCUT2D eigenvalue weighted by Crippen LogP contribution is 2.39. The SMILES string of the molecule is C[C@@H]1O[C@H](Oc2cc(O)c3c(=O)c(O[C@H]4O[C@@H](C)[C@H](O)[C@@H](O)[C@H]4O[C@@H]4[C@@H](O)[C@H](O)[C@@H](CO)O[C@H]4O)c(-c4ccc(O)cc4)oc3c2)[C@H](O)[C@H](O)[C@H]1O. The summed E-state index contributed by atoms with van der Waals surface area (Å²) in [7, 11) is 0. The predicted octanol–water partition coefficient (Wildman–Crippen LogP) is -2.89. The number of hydrogen-bond acceptors (Lipinski definition) is 19. The van der Waals surface area contributed by atoms with Crippen molar-refractivity contribution < 1.29 is 89.0 Å². The van der Waals surface area contributed by atoms with E-state index in [9.17, 15) is 61.0 Å². The monoisotopic (exact) mass is 740 g/mol. The highest BCUT2D eigenvalue weighted by atomic mass is 16.7. The number of hydrogen-bond donors (Lipinski definition) is 11. The van der Waals surface area contributed by atoms with Crippen molar-refractivity contribution in [2.24, 2.45) is 0 Å². The summed E-state index contributed by atoms with van der Waals surface area (Å²) in [6.07, 6.45) is -24.2. The smallest absolute Gasteiger partial charge is 0.239 e. The van der Waals surface area contributed by atoms with Crippen LogP contribution in [0.2, 0.25) is 0 Å². The molecule has 3 fully saturated rings. The molecule has 3 aliphatic rings. The molecule has 0 spiro atoms. The van der Waals surface area contributed by atoms with Gasteiger partial charge in [0.2, 0.25) is 23.8 Å². The Bertz CT molecular complexity index is 1770. The number of aliphatic hydroxyl groups is 9. The normalized spacial score (nSPS) is 38.2. The van der Waals surface area contributed by atoms with Crippen molar-refractivity contribution in [3.05, 3.63) is 46.6 Å². The molecule has 3 aromatic rings. The lowest BCUT2D eigenvalue weighted by molar-refractivity contribution is -0.342. The predicted molar refractivity (Wildman–Crippen MR) is 170 cm³/mol. The van der Waals surface area contributed by atoms with Crippen LogP contribution in [0.15, 0.2) is 45.6 Å². The molecule has 15 atom stereocenters. The Labute approximate surface area is 293 Å². The zero-order valence-corrected chi connectivity index (χ0v) is 27.5. The largest absolute Gasteiger partial charge is 0.508 e. The zero-order valence-electron chi connectivity index (χ0n) is 27.5. The molecule has 0 radical (unpaired) electrons. The van der Waals surface area contributed by atoms with Gasteiger partial charge in [-0.05, 0) is 38.1 Å². The third kappa shape index (κ3) is 7.03. The fourth-order valence-electron chi connectivity index (χ4n) is 6.24. The highest BCUT2D eigenvalue weighted by Gasteiger charge is 2.51. The Hall–Kier alpha value is -3.67. The van der Waals surface area contributed by atoms with Crippen LogP contribution in [-0.2, 0) is 18.9 Å². The second-order valence-corrected chi connectivity index (χ2v) is 12.9. The third-order valence-electron chi connectivity index (χ3n) is 9.27. The minimum atomic E-state index is -1.96. The van der Waals surface area contributed by atoms with Crippen LogP contribution in [-0.4, -0.2) is 155 Å². The van der Waals surface area contributed by atoms with Crippen molar-refractivity contribution >= 4 is 11.0 Å². The van der Waals surface area contributed by atoms with Crippen LogP contribution in [0.4, 0.5) is 0 Å². The number of fused-ring (bicyclic) bond motifs is 1. The van der Waals surface area contributed by atoms with Gasteiger partial charge < -0.3 is 89.0 Å². The fraction of sp³-hybridized carbons (Fsp3) is 0.545. The van der Waals surface area contributed by atoms with Crippen molar-refractivity contribution in [2.45, 2.75) is 106 Å². The average Bonchev–Trinajstić information content (AvgIpc) is 3.11. The maximum Gasteiger partial charge on any atom is 0.239 e. The first kappa shape index (κ1) is 38.1. The van der Waals surface area contributed by atoms with E-state index in [1.807, 2.05) is 0 Å². The molecule has 2 aromatic carbocycles. The summed E-state index contributed by atoms with van der Waals surface area (Å²) < 4.78 is 39.8. The van der Waals surface area contributed by atoms with E-state index in [2.05, 4.69) is 0 Å². The first-order chi connectivity index (χ1) is 24.6. The van der Waals surface area contributed by atoms with Gasteiger partial charge in [0.25, 0.3) is 0 Å². The Morgan fingerprint density at radius 1 is 0.692 bits per heavy atom. The van der Waals surface area contributed by atoms with E-state index in [1.54, 1.807) is 0 Å². The highest BCUT2D eigenvalue weighted by molar-refractivity contribution is 5.88. The lowest BCUT2D eigenvalue weighted by Gasteiger charge is -2.45. The molecule has 0 amide bonds.